The predicted molar refractivity (Wildman–Crippen MR) is 84.9 cm³/mol. The zero-order valence-corrected chi connectivity index (χ0v) is 14.1. The SMILES string of the molecule is CNCc1cc(Cl)cc(S(=O)(=O)N2CCCSCC2)c1F. The molecule has 1 heterocycles. The lowest BCUT2D eigenvalue weighted by Crippen LogP contribution is -2.33. The zero-order chi connectivity index (χ0) is 15.5. The number of benzene rings is 1. The predicted octanol–water partition coefficient (Wildman–Crippen LogP) is 2.33. The van der Waals surface area contributed by atoms with E-state index in [1.165, 1.54) is 16.4 Å². The average Bonchev–Trinajstić information content (AvgIpc) is 2.72. The van der Waals surface area contributed by atoms with Crippen molar-refractivity contribution >= 4 is 33.4 Å². The van der Waals surface area contributed by atoms with Gasteiger partial charge in [-0.15, -0.1) is 0 Å². The molecule has 1 aromatic carbocycles. The molecule has 1 N–H and O–H groups in total. The summed E-state index contributed by atoms with van der Waals surface area (Å²) in [7, 11) is -2.18. The number of halogens is 2. The highest BCUT2D eigenvalue weighted by atomic mass is 35.5. The molecule has 1 saturated heterocycles. The van der Waals surface area contributed by atoms with Crippen LogP contribution in [0.2, 0.25) is 5.02 Å². The number of hydrogen-bond acceptors (Lipinski definition) is 4. The first-order valence-corrected chi connectivity index (χ1v) is 9.64. The van der Waals surface area contributed by atoms with Gasteiger partial charge in [0.1, 0.15) is 10.7 Å². The Bertz CT molecular complexity index is 602. The second-order valence-electron chi connectivity index (χ2n) is 4.78. The molecule has 1 fully saturated rings. The lowest BCUT2D eigenvalue weighted by molar-refractivity contribution is 0.429. The minimum Gasteiger partial charge on any atom is -0.316 e. The molecule has 0 unspecified atom stereocenters. The molecular formula is C13H18ClFN2O2S2. The zero-order valence-electron chi connectivity index (χ0n) is 11.7. The van der Waals surface area contributed by atoms with E-state index >= 15 is 0 Å². The molecule has 118 valence electrons. The normalized spacial score (nSPS) is 17.7. The van der Waals surface area contributed by atoms with Crippen LogP contribution in [0.3, 0.4) is 0 Å². The molecule has 1 aromatic rings. The summed E-state index contributed by atoms with van der Waals surface area (Å²) >= 11 is 7.67. The van der Waals surface area contributed by atoms with Gasteiger partial charge in [-0.05, 0) is 31.4 Å². The van der Waals surface area contributed by atoms with Crippen molar-refractivity contribution in [1.82, 2.24) is 9.62 Å². The molecule has 0 radical (unpaired) electrons. The first kappa shape index (κ1) is 17.0. The highest BCUT2D eigenvalue weighted by Crippen LogP contribution is 2.27. The van der Waals surface area contributed by atoms with Crippen molar-refractivity contribution in [2.24, 2.45) is 0 Å². The fourth-order valence-corrected chi connectivity index (χ4v) is 5.15. The van der Waals surface area contributed by atoms with Crippen LogP contribution >= 0.6 is 23.4 Å². The van der Waals surface area contributed by atoms with Gasteiger partial charge in [0.15, 0.2) is 0 Å². The number of hydrogen-bond donors (Lipinski definition) is 1. The first-order chi connectivity index (χ1) is 9.96. The quantitative estimate of drug-likeness (QED) is 0.903. The van der Waals surface area contributed by atoms with E-state index in [9.17, 15) is 12.8 Å². The van der Waals surface area contributed by atoms with Crippen molar-refractivity contribution in [2.45, 2.75) is 17.9 Å². The molecule has 0 amide bonds. The molecule has 0 aromatic heterocycles. The molecule has 8 heteroatoms. The number of thioether (sulfide) groups is 1. The van der Waals surface area contributed by atoms with Gasteiger partial charge in [0, 0.05) is 36.0 Å². The topological polar surface area (TPSA) is 49.4 Å². The van der Waals surface area contributed by atoms with Crippen LogP contribution in [0.15, 0.2) is 17.0 Å². The van der Waals surface area contributed by atoms with Crippen LogP contribution in [0.1, 0.15) is 12.0 Å². The third-order valence-electron chi connectivity index (χ3n) is 3.25. The van der Waals surface area contributed by atoms with E-state index in [-0.39, 0.29) is 22.0 Å². The molecule has 0 spiro atoms. The summed E-state index contributed by atoms with van der Waals surface area (Å²) in [5.74, 6) is 0.936. The summed E-state index contributed by atoms with van der Waals surface area (Å²) in [4.78, 5) is -0.327. The van der Waals surface area contributed by atoms with Gasteiger partial charge in [-0.1, -0.05) is 11.6 Å². The third-order valence-corrected chi connectivity index (χ3v) is 6.41. The van der Waals surface area contributed by atoms with Crippen molar-refractivity contribution in [3.8, 4) is 0 Å². The number of nitrogens with zero attached hydrogens (tertiary/aromatic N) is 1. The number of rotatable bonds is 4. The van der Waals surface area contributed by atoms with Crippen molar-refractivity contribution in [2.75, 3.05) is 31.6 Å². The molecule has 0 aliphatic carbocycles. The lowest BCUT2D eigenvalue weighted by Gasteiger charge is -2.21. The Balaban J connectivity index is 2.43. The average molecular weight is 353 g/mol. The fraction of sp³-hybridized carbons (Fsp3) is 0.538. The summed E-state index contributed by atoms with van der Waals surface area (Å²) in [6, 6.07) is 2.65. The van der Waals surface area contributed by atoms with E-state index in [1.807, 2.05) is 0 Å². The number of nitrogens with one attached hydrogen (secondary N) is 1. The van der Waals surface area contributed by atoms with Gasteiger partial charge in [0.25, 0.3) is 0 Å². The Morgan fingerprint density at radius 2 is 2.14 bits per heavy atom. The molecular weight excluding hydrogens is 335 g/mol. The second kappa shape index (κ2) is 7.28. The standard InChI is InChI=1S/C13H18ClFN2O2S2/c1-16-9-10-7-11(14)8-12(13(10)15)21(18,19)17-3-2-5-20-6-4-17/h7-8,16H,2-6,9H2,1H3. The Morgan fingerprint density at radius 1 is 1.38 bits per heavy atom. The Hall–Kier alpha value is -0.340. The molecule has 2 rings (SSSR count). The van der Waals surface area contributed by atoms with E-state index < -0.39 is 15.8 Å². The molecule has 1 aliphatic rings. The Kier molecular flexibility index (Phi) is 5.90. The van der Waals surface area contributed by atoms with Crippen LogP contribution in [0.4, 0.5) is 4.39 Å². The van der Waals surface area contributed by atoms with Crippen molar-refractivity contribution in [3.63, 3.8) is 0 Å². The van der Waals surface area contributed by atoms with Crippen LogP contribution in [-0.2, 0) is 16.6 Å². The van der Waals surface area contributed by atoms with E-state index in [0.717, 1.165) is 17.9 Å². The lowest BCUT2D eigenvalue weighted by atomic mass is 10.2. The van der Waals surface area contributed by atoms with Crippen LogP contribution in [0, 0.1) is 5.82 Å². The van der Waals surface area contributed by atoms with Gasteiger partial charge < -0.3 is 5.32 Å². The summed E-state index contributed by atoms with van der Waals surface area (Å²) in [6.07, 6.45) is 0.773. The minimum atomic E-state index is -3.85. The van der Waals surface area contributed by atoms with Gasteiger partial charge >= 0.3 is 0 Å². The monoisotopic (exact) mass is 352 g/mol. The Morgan fingerprint density at radius 3 is 2.86 bits per heavy atom. The molecule has 4 nitrogen and oxygen atoms in total. The molecule has 1 aliphatic heterocycles. The molecule has 0 atom stereocenters. The summed E-state index contributed by atoms with van der Waals surface area (Å²) in [5, 5.41) is 3.04. The second-order valence-corrected chi connectivity index (χ2v) is 8.34. The van der Waals surface area contributed by atoms with Crippen molar-refractivity contribution in [1.29, 1.82) is 0 Å². The highest BCUT2D eigenvalue weighted by molar-refractivity contribution is 7.99. The summed E-state index contributed by atoms with van der Waals surface area (Å²) in [6.45, 7) is 1.05. The highest BCUT2D eigenvalue weighted by Gasteiger charge is 2.29. The summed E-state index contributed by atoms with van der Waals surface area (Å²) in [5.41, 5.74) is 0.257. The van der Waals surface area contributed by atoms with Crippen LogP contribution in [0.25, 0.3) is 0 Å². The van der Waals surface area contributed by atoms with E-state index in [0.29, 0.717) is 13.1 Å². The van der Waals surface area contributed by atoms with E-state index in [1.54, 1.807) is 18.8 Å². The van der Waals surface area contributed by atoms with Gasteiger partial charge in [-0.25, -0.2) is 12.8 Å². The third kappa shape index (κ3) is 3.90. The maximum atomic E-state index is 14.5. The smallest absolute Gasteiger partial charge is 0.246 e. The van der Waals surface area contributed by atoms with E-state index in [4.69, 9.17) is 11.6 Å². The largest absolute Gasteiger partial charge is 0.316 e. The summed E-state index contributed by atoms with van der Waals surface area (Å²) < 4.78 is 41.2. The fourth-order valence-electron chi connectivity index (χ4n) is 2.23. The Labute approximate surface area is 134 Å². The maximum Gasteiger partial charge on any atom is 0.246 e. The van der Waals surface area contributed by atoms with Crippen molar-refractivity contribution in [3.05, 3.63) is 28.5 Å². The molecule has 0 saturated carbocycles. The minimum absolute atomic E-state index is 0.226. The maximum absolute atomic E-state index is 14.5. The van der Waals surface area contributed by atoms with Gasteiger partial charge in [-0.2, -0.15) is 16.1 Å². The van der Waals surface area contributed by atoms with E-state index in [2.05, 4.69) is 5.32 Å². The van der Waals surface area contributed by atoms with Crippen LogP contribution in [0.5, 0.6) is 0 Å². The van der Waals surface area contributed by atoms with Gasteiger partial charge in [0.05, 0.1) is 0 Å². The van der Waals surface area contributed by atoms with Crippen LogP contribution < -0.4 is 5.32 Å². The van der Waals surface area contributed by atoms with Gasteiger partial charge in [0.2, 0.25) is 10.0 Å². The van der Waals surface area contributed by atoms with Crippen molar-refractivity contribution < 1.29 is 12.8 Å². The van der Waals surface area contributed by atoms with Crippen LogP contribution in [-0.4, -0.2) is 44.4 Å². The first-order valence-electron chi connectivity index (χ1n) is 6.67. The molecule has 0 bridgehead atoms. The molecule has 21 heavy (non-hydrogen) atoms. The number of sulfonamides is 1. The van der Waals surface area contributed by atoms with Gasteiger partial charge in [-0.3, -0.25) is 0 Å².